The van der Waals surface area contributed by atoms with E-state index < -0.39 is 0 Å². The zero-order valence-corrected chi connectivity index (χ0v) is 14.1. The summed E-state index contributed by atoms with van der Waals surface area (Å²) in [5.41, 5.74) is 0.645. The van der Waals surface area contributed by atoms with E-state index in [1.54, 1.807) is 11.8 Å². The van der Waals surface area contributed by atoms with Crippen LogP contribution in [0, 0.1) is 0 Å². The summed E-state index contributed by atoms with van der Waals surface area (Å²) in [7, 11) is 0. The summed E-state index contributed by atoms with van der Waals surface area (Å²) >= 11 is 1.73. The molecule has 1 saturated heterocycles. The molecule has 0 spiro atoms. The zero-order chi connectivity index (χ0) is 16.1. The number of hydrogen-bond acceptors (Lipinski definition) is 4. The van der Waals surface area contributed by atoms with Gasteiger partial charge in [0.25, 0.3) is 5.91 Å². The fourth-order valence-electron chi connectivity index (χ4n) is 2.68. The molecule has 2 aromatic rings. The number of benzene rings is 2. The van der Waals surface area contributed by atoms with E-state index in [0.717, 1.165) is 16.5 Å². The number of hydrogen-bond donors (Lipinski definition) is 0. The normalized spacial score (nSPS) is 14.9. The standard InChI is InChI=1S/C18H21NO3S/c1-23-11-10-22-17-13-15-5-3-2-4-14(15)12-16(17)18(20)19-6-8-21-9-7-19/h2-5,12-13H,6-11H2,1H3. The van der Waals surface area contributed by atoms with E-state index in [9.17, 15) is 4.79 Å². The Labute approximate surface area is 140 Å². The van der Waals surface area contributed by atoms with Gasteiger partial charge >= 0.3 is 0 Å². The Bertz CT molecular complexity index is 683. The summed E-state index contributed by atoms with van der Waals surface area (Å²) in [6, 6.07) is 12.0. The van der Waals surface area contributed by atoms with Crippen LogP contribution in [0.25, 0.3) is 10.8 Å². The minimum absolute atomic E-state index is 0.0261. The molecule has 0 bridgehead atoms. The van der Waals surface area contributed by atoms with Crippen molar-refractivity contribution in [1.29, 1.82) is 0 Å². The van der Waals surface area contributed by atoms with Crippen molar-refractivity contribution in [2.75, 3.05) is 44.9 Å². The molecule has 0 unspecified atom stereocenters. The third kappa shape index (κ3) is 3.79. The lowest BCUT2D eigenvalue weighted by Gasteiger charge is -2.27. The lowest BCUT2D eigenvalue weighted by atomic mass is 10.0. The second-order valence-corrected chi connectivity index (χ2v) is 6.43. The highest BCUT2D eigenvalue weighted by Gasteiger charge is 2.22. The minimum Gasteiger partial charge on any atom is -0.492 e. The molecule has 5 heteroatoms. The van der Waals surface area contributed by atoms with E-state index in [4.69, 9.17) is 9.47 Å². The van der Waals surface area contributed by atoms with Crippen molar-refractivity contribution >= 4 is 28.4 Å². The molecule has 0 aliphatic carbocycles. The van der Waals surface area contributed by atoms with Gasteiger partial charge in [-0.15, -0.1) is 0 Å². The molecular formula is C18H21NO3S. The second-order valence-electron chi connectivity index (χ2n) is 5.44. The first-order valence-corrected chi connectivity index (χ1v) is 9.20. The van der Waals surface area contributed by atoms with Gasteiger partial charge in [0.05, 0.1) is 25.4 Å². The fraction of sp³-hybridized carbons (Fsp3) is 0.389. The Kier molecular flexibility index (Phi) is 5.41. The van der Waals surface area contributed by atoms with Crippen molar-refractivity contribution in [1.82, 2.24) is 4.90 Å². The molecule has 1 aliphatic rings. The van der Waals surface area contributed by atoms with Gasteiger partial charge in [-0.1, -0.05) is 24.3 Å². The Morgan fingerprint density at radius 2 is 1.91 bits per heavy atom. The van der Waals surface area contributed by atoms with Gasteiger partial charge in [0.1, 0.15) is 5.75 Å². The maximum absolute atomic E-state index is 12.9. The molecule has 0 aromatic heterocycles. The van der Waals surface area contributed by atoms with Gasteiger partial charge in [0.2, 0.25) is 0 Å². The molecule has 2 aromatic carbocycles. The van der Waals surface area contributed by atoms with Crippen LogP contribution in [0.1, 0.15) is 10.4 Å². The first-order valence-electron chi connectivity index (χ1n) is 7.81. The van der Waals surface area contributed by atoms with E-state index in [0.29, 0.717) is 44.2 Å². The molecule has 3 rings (SSSR count). The van der Waals surface area contributed by atoms with Gasteiger partial charge < -0.3 is 14.4 Å². The number of thioether (sulfide) groups is 1. The lowest BCUT2D eigenvalue weighted by molar-refractivity contribution is 0.0300. The molecule has 0 saturated carbocycles. The highest BCUT2D eigenvalue weighted by atomic mass is 32.2. The SMILES string of the molecule is CSCCOc1cc2ccccc2cc1C(=O)N1CCOCC1. The Morgan fingerprint density at radius 3 is 2.61 bits per heavy atom. The van der Waals surface area contributed by atoms with Crippen molar-refractivity contribution in [2.45, 2.75) is 0 Å². The summed E-state index contributed by atoms with van der Waals surface area (Å²) in [5.74, 6) is 1.60. The van der Waals surface area contributed by atoms with Crippen molar-refractivity contribution in [3.8, 4) is 5.75 Å². The van der Waals surface area contributed by atoms with Gasteiger partial charge in [0.15, 0.2) is 0 Å². The number of nitrogens with zero attached hydrogens (tertiary/aromatic N) is 1. The summed E-state index contributed by atoms with van der Waals surface area (Å²) in [4.78, 5) is 14.7. The summed E-state index contributed by atoms with van der Waals surface area (Å²) in [5, 5.41) is 2.14. The predicted molar refractivity (Wildman–Crippen MR) is 94.5 cm³/mol. The number of rotatable bonds is 5. The van der Waals surface area contributed by atoms with Crippen LogP contribution in [0.2, 0.25) is 0 Å². The van der Waals surface area contributed by atoms with Gasteiger partial charge in [-0.2, -0.15) is 11.8 Å². The highest BCUT2D eigenvalue weighted by molar-refractivity contribution is 7.98. The maximum atomic E-state index is 12.9. The third-order valence-corrected chi connectivity index (χ3v) is 4.50. The van der Waals surface area contributed by atoms with E-state index in [2.05, 4.69) is 0 Å². The molecule has 1 aliphatic heterocycles. The summed E-state index contributed by atoms with van der Waals surface area (Å²) in [6.07, 6.45) is 2.05. The Morgan fingerprint density at radius 1 is 1.22 bits per heavy atom. The first-order chi connectivity index (χ1) is 11.3. The molecule has 0 radical (unpaired) electrons. The van der Waals surface area contributed by atoms with E-state index in [1.807, 2.05) is 47.6 Å². The third-order valence-electron chi connectivity index (χ3n) is 3.92. The molecule has 4 nitrogen and oxygen atoms in total. The minimum atomic E-state index is 0.0261. The molecule has 1 fully saturated rings. The van der Waals surface area contributed by atoms with Crippen molar-refractivity contribution in [2.24, 2.45) is 0 Å². The quantitative estimate of drug-likeness (QED) is 0.790. The number of fused-ring (bicyclic) bond motifs is 1. The summed E-state index contributed by atoms with van der Waals surface area (Å²) in [6.45, 7) is 3.07. The van der Waals surface area contributed by atoms with Crippen LogP contribution in [0.5, 0.6) is 5.75 Å². The van der Waals surface area contributed by atoms with Crippen LogP contribution in [0.15, 0.2) is 36.4 Å². The van der Waals surface area contributed by atoms with E-state index in [1.165, 1.54) is 0 Å². The van der Waals surface area contributed by atoms with Gasteiger partial charge in [-0.3, -0.25) is 4.79 Å². The van der Waals surface area contributed by atoms with Crippen LogP contribution in [-0.4, -0.2) is 55.7 Å². The molecular weight excluding hydrogens is 310 g/mol. The van der Waals surface area contributed by atoms with Gasteiger partial charge in [-0.25, -0.2) is 0 Å². The van der Waals surface area contributed by atoms with Crippen molar-refractivity contribution in [3.63, 3.8) is 0 Å². The second kappa shape index (κ2) is 7.70. The smallest absolute Gasteiger partial charge is 0.257 e. The van der Waals surface area contributed by atoms with Crippen LogP contribution in [0.4, 0.5) is 0 Å². The van der Waals surface area contributed by atoms with E-state index >= 15 is 0 Å². The summed E-state index contributed by atoms with van der Waals surface area (Å²) < 4.78 is 11.2. The zero-order valence-electron chi connectivity index (χ0n) is 13.3. The van der Waals surface area contributed by atoms with Crippen molar-refractivity contribution in [3.05, 3.63) is 42.0 Å². The number of carbonyl (C=O) groups is 1. The molecule has 0 N–H and O–H groups in total. The molecule has 1 amide bonds. The number of carbonyl (C=O) groups excluding carboxylic acids is 1. The van der Waals surface area contributed by atoms with E-state index in [-0.39, 0.29) is 5.91 Å². The fourth-order valence-corrected chi connectivity index (χ4v) is 2.93. The first kappa shape index (κ1) is 16.1. The van der Waals surface area contributed by atoms with Gasteiger partial charge in [-0.05, 0) is 29.2 Å². The molecule has 1 heterocycles. The topological polar surface area (TPSA) is 38.8 Å². The van der Waals surface area contributed by atoms with Gasteiger partial charge in [0, 0.05) is 18.8 Å². The van der Waals surface area contributed by atoms with Crippen LogP contribution in [-0.2, 0) is 4.74 Å². The van der Waals surface area contributed by atoms with Crippen LogP contribution in [0.3, 0.4) is 0 Å². The molecule has 0 atom stereocenters. The average Bonchev–Trinajstić information content (AvgIpc) is 2.61. The monoisotopic (exact) mass is 331 g/mol. The lowest BCUT2D eigenvalue weighted by Crippen LogP contribution is -2.40. The maximum Gasteiger partial charge on any atom is 0.257 e. The molecule has 23 heavy (non-hydrogen) atoms. The highest BCUT2D eigenvalue weighted by Crippen LogP contribution is 2.27. The Hall–Kier alpha value is -1.72. The largest absolute Gasteiger partial charge is 0.492 e. The van der Waals surface area contributed by atoms with Crippen LogP contribution >= 0.6 is 11.8 Å². The molecule has 122 valence electrons. The van der Waals surface area contributed by atoms with Crippen LogP contribution < -0.4 is 4.74 Å². The predicted octanol–water partition coefficient (Wildman–Crippen LogP) is 3.05. The number of ether oxygens (including phenoxy) is 2. The Balaban J connectivity index is 1.94. The average molecular weight is 331 g/mol. The number of morpholine rings is 1. The number of amides is 1. The van der Waals surface area contributed by atoms with Crippen molar-refractivity contribution < 1.29 is 14.3 Å².